The number of hydrogen-bond acceptors (Lipinski definition) is 0. The van der Waals surface area contributed by atoms with Crippen molar-refractivity contribution in [2.75, 3.05) is 0 Å². The van der Waals surface area contributed by atoms with E-state index in [-0.39, 0.29) is 0 Å². The van der Waals surface area contributed by atoms with E-state index < -0.39 is 0 Å². The lowest BCUT2D eigenvalue weighted by molar-refractivity contribution is 0.651. The smallest absolute Gasteiger partial charge is 0.0158 e. The van der Waals surface area contributed by atoms with Gasteiger partial charge < -0.3 is 0 Å². The largest absolute Gasteiger partial charge is 0.0622 e. The van der Waals surface area contributed by atoms with Crippen molar-refractivity contribution in [1.29, 1.82) is 0 Å². The first-order valence-electron chi connectivity index (χ1n) is 10.3. The molecule has 0 heterocycles. The van der Waals surface area contributed by atoms with E-state index in [1.165, 1.54) is 33.4 Å². The summed E-state index contributed by atoms with van der Waals surface area (Å²) in [4.78, 5) is 0. The molecule has 0 amide bonds. The van der Waals surface area contributed by atoms with E-state index in [0.29, 0.717) is 17.8 Å². The van der Waals surface area contributed by atoms with Crippen molar-refractivity contribution in [3.05, 3.63) is 106 Å². The van der Waals surface area contributed by atoms with Crippen LogP contribution in [0, 0.1) is 6.92 Å². The summed E-state index contributed by atoms with van der Waals surface area (Å²) in [5, 5.41) is 0. The normalized spacial score (nSPS) is 13.6. The Labute approximate surface area is 165 Å². The fourth-order valence-corrected chi connectivity index (χ4v) is 4.12. The van der Waals surface area contributed by atoms with Crippen molar-refractivity contribution in [2.45, 2.75) is 58.8 Å². The van der Waals surface area contributed by atoms with E-state index >= 15 is 0 Å². The average molecular weight is 357 g/mol. The molecular weight excluding hydrogens is 324 g/mol. The average Bonchev–Trinajstić information content (AvgIpc) is 2.70. The molecule has 0 radical (unpaired) electrons. The van der Waals surface area contributed by atoms with Gasteiger partial charge in [-0.1, -0.05) is 106 Å². The van der Waals surface area contributed by atoms with Crippen LogP contribution in [-0.4, -0.2) is 0 Å². The first-order valence-corrected chi connectivity index (χ1v) is 10.3. The summed E-state index contributed by atoms with van der Waals surface area (Å²) in [5.41, 5.74) is 8.50. The molecule has 3 aromatic rings. The molecule has 0 aliphatic rings. The summed E-state index contributed by atoms with van der Waals surface area (Å²) in [6.45, 7) is 11.3. The van der Waals surface area contributed by atoms with Crippen LogP contribution in [0.5, 0.6) is 0 Å². The van der Waals surface area contributed by atoms with Gasteiger partial charge in [0, 0.05) is 5.92 Å². The molecule has 0 aromatic heterocycles. The Hall–Kier alpha value is -2.34. The third-order valence-corrected chi connectivity index (χ3v) is 5.80. The van der Waals surface area contributed by atoms with Crippen LogP contribution in [0.2, 0.25) is 0 Å². The van der Waals surface area contributed by atoms with E-state index in [2.05, 4.69) is 107 Å². The van der Waals surface area contributed by atoms with Crippen LogP contribution in [0.3, 0.4) is 0 Å². The van der Waals surface area contributed by atoms with E-state index in [1.807, 2.05) is 0 Å². The Morgan fingerprint density at radius 1 is 0.704 bits per heavy atom. The van der Waals surface area contributed by atoms with Gasteiger partial charge in [-0.15, -0.1) is 0 Å². The van der Waals surface area contributed by atoms with Gasteiger partial charge in [0.25, 0.3) is 0 Å². The van der Waals surface area contributed by atoms with E-state index in [4.69, 9.17) is 0 Å². The third kappa shape index (κ3) is 4.33. The van der Waals surface area contributed by atoms with Gasteiger partial charge in [0.15, 0.2) is 0 Å². The topological polar surface area (TPSA) is 0 Å². The van der Waals surface area contributed by atoms with Gasteiger partial charge in [-0.2, -0.15) is 0 Å². The zero-order chi connectivity index (χ0) is 19.4. The van der Waals surface area contributed by atoms with Gasteiger partial charge in [-0.3, -0.25) is 0 Å². The molecule has 0 heteroatoms. The van der Waals surface area contributed by atoms with E-state index in [1.54, 1.807) is 0 Å². The predicted octanol–water partition coefficient (Wildman–Crippen LogP) is 7.62. The van der Waals surface area contributed by atoms with Gasteiger partial charge in [-0.25, -0.2) is 0 Å². The highest BCUT2D eigenvalue weighted by molar-refractivity contribution is 5.44. The molecule has 3 aromatic carbocycles. The van der Waals surface area contributed by atoms with Crippen molar-refractivity contribution < 1.29 is 0 Å². The molecule has 0 aliphatic heterocycles. The van der Waals surface area contributed by atoms with Gasteiger partial charge in [0.05, 0.1) is 0 Å². The molecule has 3 rings (SSSR count). The standard InChI is InChI=1S/C27H32/c1-6-22-18-20(4)12-17-26(22)27(21(5)24-10-8-7-9-11-24)25-15-13-23(14-16-25)19(2)3/h7-19,21,27H,6H2,1-5H3/t21-,27?/m1/s1. The number of aryl methyl sites for hydroxylation is 2. The van der Waals surface area contributed by atoms with Crippen molar-refractivity contribution in [1.82, 2.24) is 0 Å². The number of rotatable bonds is 6. The second kappa shape index (κ2) is 8.57. The minimum Gasteiger partial charge on any atom is -0.0622 e. The molecule has 27 heavy (non-hydrogen) atoms. The van der Waals surface area contributed by atoms with Gasteiger partial charge in [0.2, 0.25) is 0 Å². The van der Waals surface area contributed by atoms with Crippen molar-refractivity contribution >= 4 is 0 Å². The van der Waals surface area contributed by atoms with Crippen LogP contribution in [-0.2, 0) is 6.42 Å². The van der Waals surface area contributed by atoms with Crippen LogP contribution in [0.1, 0.15) is 78.8 Å². The minimum absolute atomic E-state index is 0.365. The Kier molecular flexibility index (Phi) is 6.16. The van der Waals surface area contributed by atoms with Gasteiger partial charge >= 0.3 is 0 Å². The predicted molar refractivity (Wildman–Crippen MR) is 118 cm³/mol. The molecule has 0 saturated heterocycles. The quantitative estimate of drug-likeness (QED) is 0.426. The Balaban J connectivity index is 2.12. The molecule has 0 spiro atoms. The van der Waals surface area contributed by atoms with Crippen LogP contribution in [0.25, 0.3) is 0 Å². The van der Waals surface area contributed by atoms with Crippen LogP contribution in [0.4, 0.5) is 0 Å². The molecule has 0 bridgehead atoms. The highest BCUT2D eigenvalue weighted by Gasteiger charge is 2.25. The molecule has 0 nitrogen and oxygen atoms in total. The lowest BCUT2D eigenvalue weighted by Crippen LogP contribution is -2.13. The van der Waals surface area contributed by atoms with Crippen molar-refractivity contribution in [3.8, 4) is 0 Å². The maximum atomic E-state index is 2.37. The second-order valence-electron chi connectivity index (χ2n) is 8.05. The third-order valence-electron chi connectivity index (χ3n) is 5.80. The fraction of sp³-hybridized carbons (Fsp3) is 0.333. The number of benzene rings is 3. The van der Waals surface area contributed by atoms with Gasteiger partial charge in [0.1, 0.15) is 0 Å². The molecule has 140 valence electrons. The molecule has 0 aliphatic carbocycles. The molecule has 2 atom stereocenters. The molecule has 1 unspecified atom stereocenters. The summed E-state index contributed by atoms with van der Waals surface area (Å²) < 4.78 is 0. The monoisotopic (exact) mass is 356 g/mol. The van der Waals surface area contributed by atoms with Crippen LogP contribution < -0.4 is 0 Å². The van der Waals surface area contributed by atoms with Crippen molar-refractivity contribution in [2.24, 2.45) is 0 Å². The summed E-state index contributed by atoms with van der Waals surface area (Å²) in [7, 11) is 0. The van der Waals surface area contributed by atoms with Crippen LogP contribution >= 0.6 is 0 Å². The maximum absolute atomic E-state index is 2.37. The summed E-state index contributed by atoms with van der Waals surface area (Å²) >= 11 is 0. The Bertz CT molecular complexity index is 856. The van der Waals surface area contributed by atoms with Gasteiger partial charge in [-0.05, 0) is 53.0 Å². The summed E-state index contributed by atoms with van der Waals surface area (Å²) in [5.74, 6) is 1.35. The van der Waals surface area contributed by atoms with E-state index in [9.17, 15) is 0 Å². The highest BCUT2D eigenvalue weighted by atomic mass is 14.3. The first kappa shape index (κ1) is 19.4. The lowest BCUT2D eigenvalue weighted by Gasteiger charge is -2.28. The summed E-state index contributed by atoms with van der Waals surface area (Å²) in [6, 6.07) is 27.2. The zero-order valence-electron chi connectivity index (χ0n) is 17.4. The summed E-state index contributed by atoms with van der Waals surface area (Å²) in [6.07, 6.45) is 1.07. The Morgan fingerprint density at radius 3 is 1.93 bits per heavy atom. The molecular formula is C27H32. The molecule has 0 saturated carbocycles. The fourth-order valence-electron chi connectivity index (χ4n) is 4.12. The number of hydrogen-bond donors (Lipinski definition) is 0. The maximum Gasteiger partial charge on any atom is 0.0158 e. The molecule has 0 fully saturated rings. The Morgan fingerprint density at radius 2 is 1.33 bits per heavy atom. The molecule has 0 N–H and O–H groups in total. The lowest BCUT2D eigenvalue weighted by atomic mass is 9.76. The SMILES string of the molecule is CCc1cc(C)ccc1C(c1ccc(C(C)C)cc1)[C@H](C)c1ccccc1. The van der Waals surface area contributed by atoms with Crippen LogP contribution in [0.15, 0.2) is 72.8 Å². The second-order valence-corrected chi connectivity index (χ2v) is 8.05. The van der Waals surface area contributed by atoms with Crippen molar-refractivity contribution in [3.63, 3.8) is 0 Å². The minimum atomic E-state index is 0.365. The highest BCUT2D eigenvalue weighted by Crippen LogP contribution is 2.40. The first-order chi connectivity index (χ1) is 13.0. The zero-order valence-corrected chi connectivity index (χ0v) is 17.4. The van der Waals surface area contributed by atoms with E-state index in [0.717, 1.165) is 6.42 Å².